The number of hydrogen-bond acceptors (Lipinski definition) is 0. The lowest BCUT2D eigenvalue weighted by molar-refractivity contribution is 0.430. The summed E-state index contributed by atoms with van der Waals surface area (Å²) in [7, 11) is 0. The normalized spacial score (nSPS) is 16.1. The minimum atomic E-state index is 0.642. The molecule has 1 rings (SSSR count). The summed E-state index contributed by atoms with van der Waals surface area (Å²) in [5.41, 5.74) is 0. The SMILES string of the molecule is CCCCCC#CC#CC1CCCCC1. The second-order valence-corrected chi connectivity index (χ2v) is 4.36. The van der Waals surface area contributed by atoms with Crippen LogP contribution < -0.4 is 0 Å². The van der Waals surface area contributed by atoms with Crippen LogP contribution in [0.5, 0.6) is 0 Å². The fourth-order valence-electron chi connectivity index (χ4n) is 1.96. The van der Waals surface area contributed by atoms with E-state index in [4.69, 9.17) is 0 Å². The Kier molecular flexibility index (Phi) is 6.85. The molecule has 0 atom stereocenters. The van der Waals surface area contributed by atoms with Gasteiger partial charge >= 0.3 is 0 Å². The molecule has 0 heteroatoms. The van der Waals surface area contributed by atoms with Crippen LogP contribution in [0.4, 0.5) is 0 Å². The zero-order valence-corrected chi connectivity index (χ0v) is 9.94. The fraction of sp³-hybridized carbons (Fsp3) is 0.733. The Labute approximate surface area is 94.8 Å². The Hall–Kier alpha value is -0.880. The highest BCUT2D eigenvalue weighted by Crippen LogP contribution is 2.22. The second-order valence-electron chi connectivity index (χ2n) is 4.36. The van der Waals surface area contributed by atoms with Crippen molar-refractivity contribution in [2.45, 2.75) is 64.7 Å². The summed E-state index contributed by atoms with van der Waals surface area (Å²) in [6.07, 6.45) is 11.5. The lowest BCUT2D eigenvalue weighted by Gasteiger charge is -2.15. The van der Waals surface area contributed by atoms with E-state index in [-0.39, 0.29) is 0 Å². The van der Waals surface area contributed by atoms with Crippen molar-refractivity contribution in [1.82, 2.24) is 0 Å². The minimum absolute atomic E-state index is 0.642. The van der Waals surface area contributed by atoms with Gasteiger partial charge in [-0.25, -0.2) is 0 Å². The standard InChI is InChI=1S/C15H22/c1-2-3-4-5-6-7-9-12-15-13-10-8-11-14-15/h15H,2-5,8,10-11,13-14H2,1H3. The van der Waals surface area contributed by atoms with E-state index in [9.17, 15) is 0 Å². The van der Waals surface area contributed by atoms with Gasteiger partial charge in [-0.05, 0) is 31.1 Å². The predicted octanol–water partition coefficient (Wildman–Crippen LogP) is 4.15. The Morgan fingerprint density at radius 3 is 2.53 bits per heavy atom. The molecular formula is C15H22. The van der Waals surface area contributed by atoms with Gasteiger partial charge in [-0.2, -0.15) is 0 Å². The van der Waals surface area contributed by atoms with Crippen molar-refractivity contribution < 1.29 is 0 Å². The highest BCUT2D eigenvalue weighted by atomic mass is 14.1. The average molecular weight is 202 g/mol. The largest absolute Gasteiger partial charge is 0.0891 e. The van der Waals surface area contributed by atoms with E-state index in [1.807, 2.05) is 0 Å². The van der Waals surface area contributed by atoms with Crippen molar-refractivity contribution in [3.63, 3.8) is 0 Å². The summed E-state index contributed by atoms with van der Waals surface area (Å²) in [6.45, 7) is 2.22. The third-order valence-corrected chi connectivity index (χ3v) is 2.94. The van der Waals surface area contributed by atoms with Gasteiger partial charge in [-0.3, -0.25) is 0 Å². The topological polar surface area (TPSA) is 0 Å². The molecule has 15 heavy (non-hydrogen) atoms. The van der Waals surface area contributed by atoms with E-state index in [0.717, 1.165) is 6.42 Å². The Balaban J connectivity index is 2.13. The zero-order valence-electron chi connectivity index (χ0n) is 9.94. The quantitative estimate of drug-likeness (QED) is 0.476. The van der Waals surface area contributed by atoms with E-state index >= 15 is 0 Å². The molecule has 0 aromatic carbocycles. The molecular weight excluding hydrogens is 180 g/mol. The molecule has 0 bridgehead atoms. The molecule has 1 fully saturated rings. The Morgan fingerprint density at radius 2 is 1.80 bits per heavy atom. The molecule has 0 unspecified atom stereocenters. The summed E-state index contributed by atoms with van der Waals surface area (Å²) in [5.74, 6) is 13.1. The van der Waals surface area contributed by atoms with E-state index in [0.29, 0.717) is 5.92 Å². The van der Waals surface area contributed by atoms with Gasteiger partial charge < -0.3 is 0 Å². The fourth-order valence-corrected chi connectivity index (χ4v) is 1.96. The van der Waals surface area contributed by atoms with Crippen LogP contribution in [0, 0.1) is 29.6 Å². The van der Waals surface area contributed by atoms with Crippen molar-refractivity contribution in [3.8, 4) is 23.7 Å². The maximum absolute atomic E-state index is 3.29. The lowest BCUT2D eigenvalue weighted by Crippen LogP contribution is -2.02. The van der Waals surface area contributed by atoms with Crippen molar-refractivity contribution in [2.75, 3.05) is 0 Å². The summed E-state index contributed by atoms with van der Waals surface area (Å²) < 4.78 is 0. The van der Waals surface area contributed by atoms with Crippen LogP contribution in [0.1, 0.15) is 64.7 Å². The molecule has 1 saturated carbocycles. The molecule has 0 heterocycles. The first-order valence-electron chi connectivity index (χ1n) is 6.42. The second kappa shape index (κ2) is 8.43. The van der Waals surface area contributed by atoms with E-state index in [2.05, 4.69) is 30.6 Å². The smallest absolute Gasteiger partial charge is 0.0213 e. The monoisotopic (exact) mass is 202 g/mol. The summed E-state index contributed by atoms with van der Waals surface area (Å²) in [5, 5.41) is 0. The molecule has 0 saturated heterocycles. The van der Waals surface area contributed by atoms with Crippen LogP contribution in [0.25, 0.3) is 0 Å². The van der Waals surface area contributed by atoms with Gasteiger partial charge in [0.15, 0.2) is 0 Å². The average Bonchev–Trinajstić information content (AvgIpc) is 2.29. The highest BCUT2D eigenvalue weighted by molar-refractivity contribution is 5.26. The molecule has 0 spiro atoms. The van der Waals surface area contributed by atoms with Gasteiger partial charge in [0.05, 0.1) is 0 Å². The van der Waals surface area contributed by atoms with Crippen LogP contribution in [0.15, 0.2) is 0 Å². The van der Waals surface area contributed by atoms with Crippen LogP contribution in [-0.4, -0.2) is 0 Å². The zero-order chi connectivity index (χ0) is 10.8. The molecule has 1 aliphatic carbocycles. The van der Waals surface area contributed by atoms with Crippen molar-refractivity contribution >= 4 is 0 Å². The van der Waals surface area contributed by atoms with E-state index in [1.165, 1.54) is 51.4 Å². The third-order valence-electron chi connectivity index (χ3n) is 2.94. The third kappa shape index (κ3) is 6.24. The summed E-state index contributed by atoms with van der Waals surface area (Å²) >= 11 is 0. The number of hydrogen-bond donors (Lipinski definition) is 0. The molecule has 1 aliphatic rings. The predicted molar refractivity (Wildman–Crippen MR) is 66.3 cm³/mol. The molecule has 0 aliphatic heterocycles. The van der Waals surface area contributed by atoms with Crippen LogP contribution >= 0.6 is 0 Å². The van der Waals surface area contributed by atoms with Gasteiger partial charge in [0.25, 0.3) is 0 Å². The first-order chi connectivity index (χ1) is 7.43. The first-order valence-corrected chi connectivity index (χ1v) is 6.42. The van der Waals surface area contributed by atoms with Crippen LogP contribution in [-0.2, 0) is 0 Å². The van der Waals surface area contributed by atoms with E-state index in [1.54, 1.807) is 0 Å². The molecule has 0 radical (unpaired) electrons. The maximum atomic E-state index is 3.29. The molecule has 82 valence electrons. The van der Waals surface area contributed by atoms with Gasteiger partial charge in [0.1, 0.15) is 0 Å². The van der Waals surface area contributed by atoms with Crippen LogP contribution in [0.2, 0.25) is 0 Å². The minimum Gasteiger partial charge on any atom is -0.0891 e. The molecule has 0 aromatic rings. The molecule has 0 aromatic heterocycles. The Bertz CT molecular complexity index is 260. The molecule has 0 N–H and O–H groups in total. The van der Waals surface area contributed by atoms with Crippen molar-refractivity contribution in [1.29, 1.82) is 0 Å². The summed E-state index contributed by atoms with van der Waals surface area (Å²) in [4.78, 5) is 0. The van der Waals surface area contributed by atoms with Gasteiger partial charge in [-0.15, -0.1) is 0 Å². The molecule has 0 nitrogen and oxygen atoms in total. The number of unbranched alkanes of at least 4 members (excludes halogenated alkanes) is 3. The summed E-state index contributed by atoms with van der Waals surface area (Å²) in [6, 6.07) is 0. The Morgan fingerprint density at radius 1 is 1.00 bits per heavy atom. The molecule has 0 amide bonds. The van der Waals surface area contributed by atoms with Gasteiger partial charge in [0, 0.05) is 12.3 Å². The highest BCUT2D eigenvalue weighted by Gasteiger charge is 2.09. The van der Waals surface area contributed by atoms with Crippen molar-refractivity contribution in [3.05, 3.63) is 0 Å². The van der Waals surface area contributed by atoms with Crippen molar-refractivity contribution in [2.24, 2.45) is 5.92 Å². The maximum Gasteiger partial charge on any atom is 0.0213 e. The number of rotatable bonds is 3. The van der Waals surface area contributed by atoms with Gasteiger partial charge in [0.2, 0.25) is 0 Å². The van der Waals surface area contributed by atoms with Gasteiger partial charge in [-0.1, -0.05) is 50.9 Å². The first kappa shape index (κ1) is 12.2. The lowest BCUT2D eigenvalue weighted by atomic mass is 9.90. The van der Waals surface area contributed by atoms with Crippen LogP contribution in [0.3, 0.4) is 0 Å². The van der Waals surface area contributed by atoms with E-state index < -0.39 is 0 Å².